The summed E-state index contributed by atoms with van der Waals surface area (Å²) >= 11 is 0. The van der Waals surface area contributed by atoms with Crippen molar-refractivity contribution >= 4 is 5.97 Å². The fourth-order valence-corrected chi connectivity index (χ4v) is 4.46. The number of ether oxygens (including phenoxy) is 2. The van der Waals surface area contributed by atoms with Gasteiger partial charge < -0.3 is 19.1 Å². The zero-order valence-electron chi connectivity index (χ0n) is 20.0. The molecule has 5 rings (SSSR count). The SMILES string of the molecule is Cc1noc(-c2ccc(O[C@@H]3CCC[C@@H](C(=O)O)C3)cc2)c1COc1nccc(-c2ccccc2)n1. The Morgan fingerprint density at radius 2 is 1.86 bits per heavy atom. The van der Waals surface area contributed by atoms with Crippen molar-refractivity contribution in [1.29, 1.82) is 0 Å². The molecule has 2 atom stereocenters. The summed E-state index contributed by atoms with van der Waals surface area (Å²) in [7, 11) is 0. The van der Waals surface area contributed by atoms with Crippen molar-refractivity contribution in [1.82, 2.24) is 15.1 Å². The minimum absolute atomic E-state index is 0.0890. The monoisotopic (exact) mass is 485 g/mol. The second kappa shape index (κ2) is 10.6. The number of aryl methyl sites for hydroxylation is 1. The molecule has 36 heavy (non-hydrogen) atoms. The molecule has 1 N–H and O–H groups in total. The predicted octanol–water partition coefficient (Wildman–Crippen LogP) is 5.71. The van der Waals surface area contributed by atoms with Gasteiger partial charge in [0, 0.05) is 17.3 Å². The van der Waals surface area contributed by atoms with Crippen LogP contribution in [-0.4, -0.2) is 32.3 Å². The third kappa shape index (κ3) is 5.38. The standard InChI is InChI=1S/C28H27N3O5/c1-18-24(17-34-28-29-15-14-25(30-28)19-6-3-2-4-7-19)26(36-31-18)20-10-12-22(13-11-20)35-23-9-5-8-21(16-23)27(32)33/h2-4,6-7,10-15,21,23H,5,8-9,16-17H2,1H3,(H,32,33)/t21-,23-/m1/s1. The van der Waals surface area contributed by atoms with Crippen LogP contribution in [0, 0.1) is 12.8 Å². The molecule has 2 heterocycles. The highest BCUT2D eigenvalue weighted by atomic mass is 16.5. The maximum Gasteiger partial charge on any atom is 0.317 e. The largest absolute Gasteiger partial charge is 0.490 e. The average Bonchev–Trinajstić information content (AvgIpc) is 3.29. The Kier molecular flexibility index (Phi) is 6.93. The average molecular weight is 486 g/mol. The molecule has 1 saturated carbocycles. The van der Waals surface area contributed by atoms with Crippen molar-refractivity contribution in [2.75, 3.05) is 0 Å². The quantitative estimate of drug-likeness (QED) is 0.338. The van der Waals surface area contributed by atoms with E-state index in [1.54, 1.807) is 6.20 Å². The normalized spacial score (nSPS) is 17.5. The Bertz CT molecular complexity index is 1320. The molecule has 2 aromatic carbocycles. The molecule has 0 aliphatic heterocycles. The molecular weight excluding hydrogens is 458 g/mol. The lowest BCUT2D eigenvalue weighted by molar-refractivity contribution is -0.143. The molecule has 4 aromatic rings. The Morgan fingerprint density at radius 1 is 1.06 bits per heavy atom. The van der Waals surface area contributed by atoms with E-state index in [0.717, 1.165) is 40.9 Å². The van der Waals surface area contributed by atoms with Crippen LogP contribution in [0.3, 0.4) is 0 Å². The van der Waals surface area contributed by atoms with Crippen LogP contribution in [0.25, 0.3) is 22.6 Å². The number of nitrogens with zero attached hydrogens (tertiary/aromatic N) is 3. The number of carboxylic acids is 1. The molecule has 1 aliphatic carbocycles. The summed E-state index contributed by atoms with van der Waals surface area (Å²) in [5.41, 5.74) is 4.15. The molecule has 0 saturated heterocycles. The van der Waals surface area contributed by atoms with Gasteiger partial charge in [0.2, 0.25) is 0 Å². The lowest BCUT2D eigenvalue weighted by Crippen LogP contribution is -2.29. The highest BCUT2D eigenvalue weighted by Gasteiger charge is 2.28. The van der Waals surface area contributed by atoms with Gasteiger partial charge in [0.15, 0.2) is 5.76 Å². The van der Waals surface area contributed by atoms with Crippen molar-refractivity contribution in [3.8, 4) is 34.3 Å². The first-order valence-electron chi connectivity index (χ1n) is 12.0. The van der Waals surface area contributed by atoms with Gasteiger partial charge in [-0.1, -0.05) is 35.5 Å². The Morgan fingerprint density at radius 3 is 2.64 bits per heavy atom. The van der Waals surface area contributed by atoms with Gasteiger partial charge in [0.1, 0.15) is 12.4 Å². The van der Waals surface area contributed by atoms with Crippen molar-refractivity contribution in [3.05, 3.63) is 78.1 Å². The van der Waals surface area contributed by atoms with Crippen molar-refractivity contribution in [2.45, 2.75) is 45.3 Å². The predicted molar refractivity (Wildman–Crippen MR) is 132 cm³/mol. The van der Waals surface area contributed by atoms with E-state index in [9.17, 15) is 9.90 Å². The fourth-order valence-electron chi connectivity index (χ4n) is 4.46. The zero-order chi connectivity index (χ0) is 24.9. The third-order valence-corrected chi connectivity index (χ3v) is 6.43. The molecule has 1 aliphatic rings. The van der Waals surface area contributed by atoms with Crippen LogP contribution in [0.4, 0.5) is 0 Å². The van der Waals surface area contributed by atoms with E-state index in [-0.39, 0.29) is 24.6 Å². The molecule has 0 amide bonds. The number of carbonyl (C=O) groups is 1. The van der Waals surface area contributed by atoms with Crippen LogP contribution < -0.4 is 9.47 Å². The number of aromatic nitrogens is 3. The number of aliphatic carboxylic acids is 1. The van der Waals surface area contributed by atoms with E-state index >= 15 is 0 Å². The van der Waals surface area contributed by atoms with E-state index < -0.39 is 5.97 Å². The molecule has 0 unspecified atom stereocenters. The second-order valence-electron chi connectivity index (χ2n) is 8.92. The summed E-state index contributed by atoms with van der Waals surface area (Å²) in [5.74, 6) is 0.239. The summed E-state index contributed by atoms with van der Waals surface area (Å²) in [4.78, 5) is 20.1. The van der Waals surface area contributed by atoms with E-state index in [2.05, 4.69) is 15.1 Å². The zero-order valence-corrected chi connectivity index (χ0v) is 20.0. The number of hydrogen-bond donors (Lipinski definition) is 1. The minimum atomic E-state index is -0.744. The van der Waals surface area contributed by atoms with E-state index in [4.69, 9.17) is 14.0 Å². The van der Waals surface area contributed by atoms with Crippen LogP contribution in [0.5, 0.6) is 11.8 Å². The lowest BCUT2D eigenvalue weighted by Gasteiger charge is -2.27. The highest BCUT2D eigenvalue weighted by Crippen LogP contribution is 2.31. The van der Waals surface area contributed by atoms with Crippen LogP contribution in [-0.2, 0) is 11.4 Å². The van der Waals surface area contributed by atoms with Crippen LogP contribution >= 0.6 is 0 Å². The minimum Gasteiger partial charge on any atom is -0.490 e. The van der Waals surface area contributed by atoms with Gasteiger partial charge in [-0.2, -0.15) is 4.98 Å². The van der Waals surface area contributed by atoms with Gasteiger partial charge in [-0.05, 0) is 62.9 Å². The maximum atomic E-state index is 11.3. The van der Waals surface area contributed by atoms with Crippen molar-refractivity contribution < 1.29 is 23.9 Å². The lowest BCUT2D eigenvalue weighted by atomic mass is 9.87. The fraction of sp³-hybridized carbons (Fsp3) is 0.286. The Hall–Kier alpha value is -4.20. The number of hydrogen-bond acceptors (Lipinski definition) is 7. The summed E-state index contributed by atoms with van der Waals surface area (Å²) in [6, 6.07) is 19.5. The Balaban J connectivity index is 1.26. The number of benzene rings is 2. The highest BCUT2D eigenvalue weighted by molar-refractivity contribution is 5.70. The molecular formula is C28H27N3O5. The van der Waals surface area contributed by atoms with Gasteiger partial charge in [0.25, 0.3) is 0 Å². The van der Waals surface area contributed by atoms with Crippen molar-refractivity contribution in [2.24, 2.45) is 5.92 Å². The molecule has 0 radical (unpaired) electrons. The molecule has 8 heteroatoms. The van der Waals surface area contributed by atoms with E-state index in [1.807, 2.05) is 67.6 Å². The first-order valence-corrected chi connectivity index (χ1v) is 12.0. The number of rotatable bonds is 8. The summed E-state index contributed by atoms with van der Waals surface area (Å²) in [5, 5.41) is 13.4. The molecule has 0 bridgehead atoms. The summed E-state index contributed by atoms with van der Waals surface area (Å²) in [6.45, 7) is 2.08. The first-order chi connectivity index (χ1) is 17.6. The van der Waals surface area contributed by atoms with Gasteiger partial charge >= 0.3 is 12.0 Å². The van der Waals surface area contributed by atoms with E-state index in [1.165, 1.54) is 0 Å². The van der Waals surface area contributed by atoms with E-state index in [0.29, 0.717) is 24.4 Å². The molecule has 8 nitrogen and oxygen atoms in total. The Labute approximate surface area is 208 Å². The van der Waals surface area contributed by atoms with Crippen molar-refractivity contribution in [3.63, 3.8) is 0 Å². The van der Waals surface area contributed by atoms with Gasteiger partial charge in [-0.25, -0.2) is 4.98 Å². The third-order valence-electron chi connectivity index (χ3n) is 6.43. The summed E-state index contributed by atoms with van der Waals surface area (Å²) in [6.07, 6.45) is 4.56. The molecule has 1 fully saturated rings. The first kappa shape index (κ1) is 23.5. The van der Waals surface area contributed by atoms with Gasteiger partial charge in [0.05, 0.1) is 29.0 Å². The maximum absolute atomic E-state index is 11.3. The molecule has 0 spiro atoms. The number of carboxylic acid groups (broad SMARTS) is 1. The van der Waals surface area contributed by atoms with Crippen LogP contribution in [0.1, 0.15) is 36.9 Å². The van der Waals surface area contributed by atoms with Crippen LogP contribution in [0.15, 0.2) is 71.4 Å². The molecule has 2 aromatic heterocycles. The smallest absolute Gasteiger partial charge is 0.317 e. The van der Waals surface area contributed by atoms with Crippen LogP contribution in [0.2, 0.25) is 0 Å². The topological polar surface area (TPSA) is 108 Å². The molecule has 184 valence electrons. The van der Waals surface area contributed by atoms with Gasteiger partial charge in [-0.3, -0.25) is 4.79 Å². The van der Waals surface area contributed by atoms with Gasteiger partial charge in [-0.15, -0.1) is 0 Å². The summed E-state index contributed by atoms with van der Waals surface area (Å²) < 4.78 is 17.6. The second-order valence-corrected chi connectivity index (χ2v) is 8.92.